The number of pyridine rings is 1. The number of halogens is 5. The summed E-state index contributed by atoms with van der Waals surface area (Å²) in [7, 11) is 1.32. The average molecular weight is 412 g/mol. The Morgan fingerprint density at radius 1 is 1.50 bits per heavy atom. The summed E-state index contributed by atoms with van der Waals surface area (Å²) in [5.74, 6) is -0.415. The van der Waals surface area contributed by atoms with Crippen molar-refractivity contribution in [2.45, 2.75) is 11.7 Å². The predicted octanol–water partition coefficient (Wildman–Crippen LogP) is 3.49. The molecular weight excluding hydrogens is 406 g/mol. The van der Waals surface area contributed by atoms with Gasteiger partial charge in [0.05, 0.1) is 7.11 Å². The van der Waals surface area contributed by atoms with Crippen LogP contribution < -0.4 is 9.47 Å². The molecule has 1 aromatic heterocycles. The maximum atomic E-state index is 12.1. The Morgan fingerprint density at radius 3 is 2.56 bits per heavy atom. The molecule has 0 fully saturated rings. The molecule has 0 spiro atoms. The molecule has 0 aromatic carbocycles. The first-order valence-corrected chi connectivity index (χ1v) is 6.12. The third-order valence-corrected chi connectivity index (χ3v) is 3.09. The first-order valence-electron chi connectivity index (χ1n) is 3.92. The monoisotopic (exact) mass is 411 g/mol. The molecule has 0 saturated carbocycles. The van der Waals surface area contributed by atoms with Crippen LogP contribution in [0.3, 0.4) is 0 Å². The van der Waals surface area contributed by atoms with E-state index in [1.165, 1.54) is 13.2 Å². The largest absolute Gasteiger partial charge is 0.574 e. The minimum absolute atomic E-state index is 0.0772. The van der Waals surface area contributed by atoms with E-state index in [0.717, 1.165) is 0 Å². The quantitative estimate of drug-likeness (QED) is 0.563. The lowest BCUT2D eigenvalue weighted by molar-refractivity contribution is -0.276. The second kappa shape index (κ2) is 5.39. The Kier molecular flexibility index (Phi) is 4.65. The van der Waals surface area contributed by atoms with Crippen LogP contribution in [0.4, 0.5) is 13.2 Å². The van der Waals surface area contributed by atoms with Gasteiger partial charge in [0.25, 0.3) is 0 Å². The van der Waals surface area contributed by atoms with E-state index in [1.807, 2.05) is 22.6 Å². The van der Waals surface area contributed by atoms with Crippen LogP contribution in [0.1, 0.15) is 5.56 Å². The van der Waals surface area contributed by atoms with Crippen LogP contribution in [0.25, 0.3) is 0 Å². The van der Waals surface area contributed by atoms with Crippen molar-refractivity contribution in [3.05, 3.63) is 15.2 Å². The van der Waals surface area contributed by atoms with E-state index in [9.17, 15) is 13.2 Å². The maximum absolute atomic E-state index is 12.1. The third-order valence-electron chi connectivity index (χ3n) is 1.56. The van der Waals surface area contributed by atoms with E-state index in [0.29, 0.717) is 9.13 Å². The SMILES string of the molecule is COc1cc(I)c(CBr)c(OC(F)(F)F)n1. The molecule has 0 radical (unpaired) electrons. The zero-order valence-electron chi connectivity index (χ0n) is 7.94. The Balaban J connectivity index is 3.18. The molecular formula is C8H6BrF3INO2. The van der Waals surface area contributed by atoms with Crippen LogP contribution in [-0.2, 0) is 5.33 Å². The van der Waals surface area contributed by atoms with Gasteiger partial charge in [0.15, 0.2) is 0 Å². The van der Waals surface area contributed by atoms with Crippen molar-refractivity contribution < 1.29 is 22.6 Å². The minimum Gasteiger partial charge on any atom is -0.481 e. The average Bonchev–Trinajstić information content (AvgIpc) is 2.14. The minimum atomic E-state index is -4.76. The Bertz CT molecular complexity index is 386. The molecule has 0 saturated heterocycles. The second-order valence-corrected chi connectivity index (χ2v) is 4.33. The lowest BCUT2D eigenvalue weighted by atomic mass is 10.3. The van der Waals surface area contributed by atoms with Crippen molar-refractivity contribution in [1.82, 2.24) is 4.98 Å². The highest BCUT2D eigenvalue weighted by Crippen LogP contribution is 2.31. The van der Waals surface area contributed by atoms with Crippen molar-refractivity contribution in [1.29, 1.82) is 0 Å². The van der Waals surface area contributed by atoms with Gasteiger partial charge in [0.1, 0.15) is 0 Å². The molecule has 8 heteroatoms. The zero-order chi connectivity index (χ0) is 12.3. The number of ether oxygens (including phenoxy) is 2. The molecule has 0 amide bonds. The zero-order valence-corrected chi connectivity index (χ0v) is 11.7. The van der Waals surface area contributed by atoms with Gasteiger partial charge in [-0.2, -0.15) is 4.98 Å². The van der Waals surface area contributed by atoms with Crippen molar-refractivity contribution >= 4 is 38.5 Å². The lowest BCUT2D eigenvalue weighted by Gasteiger charge is -2.13. The molecule has 0 aliphatic carbocycles. The van der Waals surface area contributed by atoms with Crippen LogP contribution in [0.2, 0.25) is 0 Å². The Labute approximate surface area is 112 Å². The van der Waals surface area contributed by atoms with E-state index in [4.69, 9.17) is 4.74 Å². The number of alkyl halides is 4. The molecule has 0 unspecified atom stereocenters. The standard InChI is InChI=1S/C8H6BrF3INO2/c1-15-6-2-5(13)4(3-9)7(14-6)16-8(10,11)12/h2H,3H2,1H3. The van der Waals surface area contributed by atoms with E-state index in [1.54, 1.807) is 0 Å². The highest BCUT2D eigenvalue weighted by atomic mass is 127. The fourth-order valence-corrected chi connectivity index (χ4v) is 2.67. The Morgan fingerprint density at radius 2 is 2.12 bits per heavy atom. The van der Waals surface area contributed by atoms with Gasteiger partial charge in [-0.15, -0.1) is 13.2 Å². The van der Waals surface area contributed by atoms with Gasteiger partial charge in [0.2, 0.25) is 11.8 Å². The highest BCUT2D eigenvalue weighted by Gasteiger charge is 2.33. The highest BCUT2D eigenvalue weighted by molar-refractivity contribution is 14.1. The molecule has 16 heavy (non-hydrogen) atoms. The van der Waals surface area contributed by atoms with E-state index >= 15 is 0 Å². The van der Waals surface area contributed by atoms with Crippen LogP contribution in [-0.4, -0.2) is 18.5 Å². The second-order valence-electron chi connectivity index (χ2n) is 2.61. The number of aromatic nitrogens is 1. The van der Waals surface area contributed by atoms with Crippen molar-refractivity contribution in [2.75, 3.05) is 7.11 Å². The summed E-state index contributed by atoms with van der Waals surface area (Å²) >= 11 is 4.97. The fraction of sp³-hybridized carbons (Fsp3) is 0.375. The number of hydrogen-bond acceptors (Lipinski definition) is 3. The normalized spacial score (nSPS) is 11.4. The molecule has 1 rings (SSSR count). The van der Waals surface area contributed by atoms with Gasteiger partial charge in [-0.1, -0.05) is 15.9 Å². The van der Waals surface area contributed by atoms with Crippen LogP contribution in [0.5, 0.6) is 11.8 Å². The summed E-state index contributed by atoms with van der Waals surface area (Å²) in [5, 5.41) is 0.216. The summed E-state index contributed by atoms with van der Waals surface area (Å²) < 4.78 is 45.5. The van der Waals surface area contributed by atoms with Crippen LogP contribution in [0.15, 0.2) is 6.07 Å². The van der Waals surface area contributed by atoms with Gasteiger partial charge in [-0.3, -0.25) is 0 Å². The van der Waals surface area contributed by atoms with Gasteiger partial charge >= 0.3 is 6.36 Å². The van der Waals surface area contributed by atoms with Gasteiger partial charge in [-0.05, 0) is 22.6 Å². The first kappa shape index (κ1) is 13.8. The summed E-state index contributed by atoms with van der Waals surface area (Å²) in [6.45, 7) is 0. The molecule has 1 aromatic rings. The number of hydrogen-bond donors (Lipinski definition) is 0. The predicted molar refractivity (Wildman–Crippen MR) is 62.8 cm³/mol. The topological polar surface area (TPSA) is 31.4 Å². The first-order chi connectivity index (χ1) is 7.37. The van der Waals surface area contributed by atoms with Crippen molar-refractivity contribution in [3.63, 3.8) is 0 Å². The molecule has 3 nitrogen and oxygen atoms in total. The fourth-order valence-electron chi connectivity index (χ4n) is 0.917. The summed E-state index contributed by atoms with van der Waals surface area (Å²) in [6.07, 6.45) is -4.76. The molecule has 0 bridgehead atoms. The van der Waals surface area contributed by atoms with E-state index in [-0.39, 0.29) is 11.2 Å². The third kappa shape index (κ3) is 3.65. The van der Waals surface area contributed by atoms with Gasteiger partial charge in [-0.25, -0.2) is 0 Å². The lowest BCUT2D eigenvalue weighted by Crippen LogP contribution is -2.19. The van der Waals surface area contributed by atoms with Gasteiger partial charge in [0, 0.05) is 20.5 Å². The summed E-state index contributed by atoms with van der Waals surface area (Å²) in [4.78, 5) is 3.61. The van der Waals surface area contributed by atoms with Crippen LogP contribution >= 0.6 is 38.5 Å². The summed E-state index contributed by atoms with van der Waals surface area (Å²) in [5.41, 5.74) is 0.332. The molecule has 0 atom stereocenters. The molecule has 0 aliphatic rings. The van der Waals surface area contributed by atoms with Crippen LogP contribution in [0, 0.1) is 3.57 Å². The van der Waals surface area contributed by atoms with Crippen molar-refractivity contribution in [3.8, 4) is 11.8 Å². The molecule has 1 heterocycles. The van der Waals surface area contributed by atoms with Crippen molar-refractivity contribution in [2.24, 2.45) is 0 Å². The number of methoxy groups -OCH3 is 1. The molecule has 0 aliphatic heterocycles. The number of nitrogens with zero attached hydrogens (tertiary/aromatic N) is 1. The maximum Gasteiger partial charge on any atom is 0.574 e. The molecule has 0 N–H and O–H groups in total. The van der Waals surface area contributed by atoms with E-state index < -0.39 is 12.2 Å². The van der Waals surface area contributed by atoms with E-state index in [2.05, 4.69) is 25.7 Å². The smallest absolute Gasteiger partial charge is 0.481 e. The number of rotatable bonds is 3. The van der Waals surface area contributed by atoms with Gasteiger partial charge < -0.3 is 9.47 Å². The summed E-state index contributed by atoms with van der Waals surface area (Å²) in [6, 6.07) is 1.53. The Hall–Kier alpha value is -0.250. The molecule has 90 valence electrons.